The Balaban J connectivity index is 0.000000581. The fourth-order valence-corrected chi connectivity index (χ4v) is 1.41. The maximum absolute atomic E-state index is 11.1. The van der Waals surface area contributed by atoms with Gasteiger partial charge in [0.25, 0.3) is 0 Å². The molecule has 4 nitrogen and oxygen atoms in total. The summed E-state index contributed by atoms with van der Waals surface area (Å²) < 4.78 is 0. The molecule has 0 atom stereocenters. The number of hydrogen-bond donors (Lipinski definition) is 1. The Labute approximate surface area is 104 Å². The van der Waals surface area contributed by atoms with Crippen LogP contribution in [0.15, 0.2) is 12.1 Å². The van der Waals surface area contributed by atoms with Crippen molar-refractivity contribution >= 4 is 17.4 Å². The van der Waals surface area contributed by atoms with Gasteiger partial charge in [-0.05, 0) is 19.1 Å². The van der Waals surface area contributed by atoms with Crippen molar-refractivity contribution in [2.24, 2.45) is 0 Å². The van der Waals surface area contributed by atoms with E-state index < -0.39 is 0 Å². The summed E-state index contributed by atoms with van der Waals surface area (Å²) in [6, 6.07) is 3.77. The molecule has 1 aliphatic rings. The number of nitrogens with zero attached hydrogens (tertiary/aromatic N) is 2. The lowest BCUT2D eigenvalue weighted by molar-refractivity contribution is -0.115. The molecular weight excluding hydrogens is 214 g/mol. The van der Waals surface area contributed by atoms with Crippen LogP contribution in [0.25, 0.3) is 0 Å². The smallest absolute Gasteiger partial charge is 0.244 e. The number of carbonyl (C=O) groups is 1. The molecule has 1 N–H and O–H groups in total. The summed E-state index contributed by atoms with van der Waals surface area (Å²) in [5, 5.41) is 2.77. The van der Waals surface area contributed by atoms with E-state index >= 15 is 0 Å². The number of nitrogens with one attached hydrogen (secondary N) is 1. The highest BCUT2D eigenvalue weighted by Crippen LogP contribution is 2.25. The molecule has 0 radical (unpaired) electrons. The second-order valence-electron chi connectivity index (χ2n) is 3.23. The van der Waals surface area contributed by atoms with Crippen LogP contribution in [0.5, 0.6) is 0 Å². The number of rotatable bonds is 0. The first-order valence-corrected chi connectivity index (χ1v) is 6.15. The van der Waals surface area contributed by atoms with Crippen LogP contribution in [-0.2, 0) is 4.79 Å². The van der Waals surface area contributed by atoms with Crippen LogP contribution in [-0.4, -0.2) is 24.5 Å². The first kappa shape index (κ1) is 15.4. The van der Waals surface area contributed by atoms with Gasteiger partial charge in [0, 0.05) is 12.7 Å². The Bertz CT molecular complexity index is 364. The topological polar surface area (TPSA) is 45.2 Å². The van der Waals surface area contributed by atoms with Crippen LogP contribution in [0.3, 0.4) is 0 Å². The van der Waals surface area contributed by atoms with Crippen LogP contribution in [0.1, 0.15) is 33.4 Å². The molecular formula is C13H23N3O. The molecule has 1 amide bonds. The standard InChI is InChI=1S/C9H11N3O.2C2H6/c1-6-3-4-7-9(10-6)12(2)5-8(13)11-7;2*1-2/h3-4H,5H2,1-2H3,(H,11,13);2*1-2H3. The molecule has 0 saturated carbocycles. The minimum Gasteiger partial charge on any atom is -0.349 e. The van der Waals surface area contributed by atoms with E-state index in [1.807, 2.05) is 58.7 Å². The van der Waals surface area contributed by atoms with Crippen molar-refractivity contribution in [3.05, 3.63) is 17.8 Å². The van der Waals surface area contributed by atoms with Gasteiger partial charge in [0.15, 0.2) is 5.82 Å². The number of hydrogen-bond acceptors (Lipinski definition) is 3. The van der Waals surface area contributed by atoms with Crippen molar-refractivity contribution in [1.82, 2.24) is 4.98 Å². The number of aromatic nitrogens is 1. The van der Waals surface area contributed by atoms with Crippen molar-refractivity contribution in [3.63, 3.8) is 0 Å². The molecule has 2 rings (SSSR count). The number of likely N-dealkylation sites (N-methyl/N-ethyl adjacent to an activating group) is 1. The van der Waals surface area contributed by atoms with Gasteiger partial charge in [0.05, 0.1) is 12.2 Å². The number of pyridine rings is 1. The zero-order chi connectivity index (χ0) is 13.4. The van der Waals surface area contributed by atoms with Crippen molar-refractivity contribution < 1.29 is 4.79 Å². The van der Waals surface area contributed by atoms with Gasteiger partial charge in [-0.2, -0.15) is 0 Å². The van der Waals surface area contributed by atoms with Crippen LogP contribution in [0.2, 0.25) is 0 Å². The molecule has 0 aromatic carbocycles. The Hall–Kier alpha value is -1.58. The maximum Gasteiger partial charge on any atom is 0.244 e. The normalized spacial score (nSPS) is 12.4. The van der Waals surface area contributed by atoms with Crippen molar-refractivity contribution in [2.45, 2.75) is 34.6 Å². The number of anilines is 2. The summed E-state index contributed by atoms with van der Waals surface area (Å²) in [7, 11) is 1.87. The molecule has 0 spiro atoms. The fraction of sp³-hybridized carbons (Fsp3) is 0.538. The summed E-state index contributed by atoms with van der Waals surface area (Å²) in [5.41, 5.74) is 1.76. The van der Waals surface area contributed by atoms with Gasteiger partial charge < -0.3 is 10.2 Å². The Kier molecular flexibility index (Phi) is 6.94. The number of aryl methyl sites for hydroxylation is 1. The number of amides is 1. The third kappa shape index (κ3) is 4.06. The summed E-state index contributed by atoms with van der Waals surface area (Å²) in [4.78, 5) is 17.3. The van der Waals surface area contributed by atoms with Crippen LogP contribution >= 0.6 is 0 Å². The molecule has 4 heteroatoms. The Morgan fingerprint density at radius 2 is 1.82 bits per heavy atom. The molecule has 0 unspecified atom stereocenters. The molecule has 0 aliphatic carbocycles. The molecule has 0 fully saturated rings. The van der Waals surface area contributed by atoms with Crippen molar-refractivity contribution in [3.8, 4) is 0 Å². The summed E-state index contributed by atoms with van der Waals surface area (Å²) in [6.07, 6.45) is 0. The van der Waals surface area contributed by atoms with E-state index in [1.165, 1.54) is 0 Å². The van der Waals surface area contributed by atoms with E-state index in [1.54, 1.807) is 0 Å². The quantitative estimate of drug-likeness (QED) is 0.754. The van der Waals surface area contributed by atoms with E-state index in [0.717, 1.165) is 17.2 Å². The zero-order valence-electron chi connectivity index (χ0n) is 11.7. The van der Waals surface area contributed by atoms with Gasteiger partial charge in [-0.25, -0.2) is 4.98 Å². The van der Waals surface area contributed by atoms with E-state index in [4.69, 9.17) is 0 Å². The van der Waals surface area contributed by atoms with Crippen LogP contribution in [0.4, 0.5) is 11.5 Å². The van der Waals surface area contributed by atoms with Gasteiger partial charge in [0.1, 0.15) is 0 Å². The third-order valence-corrected chi connectivity index (χ3v) is 2.03. The zero-order valence-corrected chi connectivity index (χ0v) is 11.7. The number of carbonyl (C=O) groups excluding carboxylic acids is 1. The molecule has 96 valence electrons. The molecule has 1 aromatic rings. The highest BCUT2D eigenvalue weighted by atomic mass is 16.2. The highest BCUT2D eigenvalue weighted by Gasteiger charge is 2.19. The molecule has 0 bridgehead atoms. The average molecular weight is 237 g/mol. The van der Waals surface area contributed by atoms with Crippen molar-refractivity contribution in [1.29, 1.82) is 0 Å². The molecule has 0 saturated heterocycles. The maximum atomic E-state index is 11.1. The van der Waals surface area contributed by atoms with Gasteiger partial charge >= 0.3 is 0 Å². The first-order chi connectivity index (χ1) is 8.16. The lowest BCUT2D eigenvalue weighted by Gasteiger charge is -2.25. The lowest BCUT2D eigenvalue weighted by atomic mass is 10.2. The molecule has 1 aromatic heterocycles. The highest BCUT2D eigenvalue weighted by molar-refractivity contribution is 6.00. The lowest BCUT2D eigenvalue weighted by Crippen LogP contribution is -2.36. The second-order valence-corrected chi connectivity index (χ2v) is 3.23. The number of fused-ring (bicyclic) bond motifs is 1. The third-order valence-electron chi connectivity index (χ3n) is 2.03. The van der Waals surface area contributed by atoms with Crippen molar-refractivity contribution in [2.75, 3.05) is 23.8 Å². The van der Waals surface area contributed by atoms with Gasteiger partial charge in [-0.3, -0.25) is 4.79 Å². The van der Waals surface area contributed by atoms with E-state index in [0.29, 0.717) is 6.54 Å². The van der Waals surface area contributed by atoms with Crippen LogP contribution < -0.4 is 10.2 Å². The fourth-order valence-electron chi connectivity index (χ4n) is 1.41. The molecule has 1 aliphatic heterocycles. The van der Waals surface area contributed by atoms with Gasteiger partial charge in [0.2, 0.25) is 5.91 Å². The summed E-state index contributed by atoms with van der Waals surface area (Å²) in [6.45, 7) is 10.3. The van der Waals surface area contributed by atoms with E-state index in [-0.39, 0.29) is 5.91 Å². The average Bonchev–Trinajstić information content (AvgIpc) is 2.35. The monoisotopic (exact) mass is 237 g/mol. The second kappa shape index (κ2) is 7.65. The minimum absolute atomic E-state index is 0.0145. The van der Waals surface area contributed by atoms with E-state index in [2.05, 4.69) is 10.3 Å². The summed E-state index contributed by atoms with van der Waals surface area (Å²) >= 11 is 0. The first-order valence-electron chi connectivity index (χ1n) is 6.15. The van der Waals surface area contributed by atoms with Crippen LogP contribution in [0, 0.1) is 6.92 Å². The molecule has 2 heterocycles. The Morgan fingerprint density at radius 3 is 2.41 bits per heavy atom. The van der Waals surface area contributed by atoms with Gasteiger partial charge in [-0.15, -0.1) is 0 Å². The largest absolute Gasteiger partial charge is 0.349 e. The SMILES string of the molecule is CC.CC.Cc1ccc2c(n1)N(C)CC(=O)N2. The van der Waals surface area contributed by atoms with E-state index in [9.17, 15) is 4.79 Å². The minimum atomic E-state index is 0.0145. The van der Waals surface area contributed by atoms with Gasteiger partial charge in [-0.1, -0.05) is 27.7 Å². The predicted octanol–water partition coefficient (Wildman–Crippen LogP) is 2.83. The molecule has 17 heavy (non-hydrogen) atoms. The Morgan fingerprint density at radius 1 is 1.24 bits per heavy atom. The predicted molar refractivity (Wildman–Crippen MR) is 73.6 cm³/mol. The summed E-state index contributed by atoms with van der Waals surface area (Å²) in [5.74, 6) is 0.861.